The zero-order chi connectivity index (χ0) is 8.69. The Morgan fingerprint density at radius 3 is 1.77 bits per heavy atom. The molecule has 0 saturated carbocycles. The first-order valence-corrected chi connectivity index (χ1v) is 3.50. The smallest absolute Gasteiger partial charge is 0.358 e. The third-order valence-corrected chi connectivity index (χ3v) is 0.967. The molecule has 0 spiro atoms. The van der Waals surface area contributed by atoms with E-state index in [4.69, 9.17) is 0 Å². The van der Waals surface area contributed by atoms with Crippen LogP contribution in [0, 0.1) is 17.5 Å². The molecule has 0 bridgehead atoms. The number of nitro groups is 1. The first kappa shape index (κ1) is 19.1. The molecule has 0 amide bonds. The minimum atomic E-state index is -0.417. The minimum Gasteiger partial charge on any atom is -0.358 e. The summed E-state index contributed by atoms with van der Waals surface area (Å²) in [5.41, 5.74) is 0.137. The van der Waals surface area contributed by atoms with Crippen LogP contribution < -0.4 is 58.2 Å². The van der Waals surface area contributed by atoms with Gasteiger partial charge in [-0.15, -0.1) is 0 Å². The van der Waals surface area contributed by atoms with Gasteiger partial charge in [-0.3, -0.25) is 10.1 Å². The molecule has 0 atom stereocenters. The Morgan fingerprint density at radius 1 is 1.15 bits per heavy atom. The average Bonchev–Trinajstić information content (AvgIpc) is 2.10. The van der Waals surface area contributed by atoms with Crippen LogP contribution in [0.4, 0.5) is 5.69 Å². The third-order valence-electron chi connectivity index (χ3n) is 0.967. The first-order valence-electron chi connectivity index (χ1n) is 3.50. The fourth-order valence-corrected chi connectivity index (χ4v) is 0.550. The van der Waals surface area contributed by atoms with Crippen molar-refractivity contribution >= 4 is 5.69 Å². The monoisotopic (exact) mass is 253 g/mol. The molecule has 0 saturated heterocycles. The Balaban J connectivity index is -0.000000234. The van der Waals surface area contributed by atoms with Gasteiger partial charge in [0.15, 0.2) is 0 Å². The largest absolute Gasteiger partial charge is 1.00 e. The number of para-hydroxylation sites is 1. The van der Waals surface area contributed by atoms with Crippen molar-refractivity contribution in [3.63, 3.8) is 0 Å². The summed E-state index contributed by atoms with van der Waals surface area (Å²) in [6.07, 6.45) is 0. The zero-order valence-electron chi connectivity index (χ0n) is 8.65. The van der Waals surface area contributed by atoms with Crippen molar-refractivity contribution in [3.05, 3.63) is 47.9 Å². The maximum absolute atomic E-state index is 10.0. The summed E-state index contributed by atoms with van der Waals surface area (Å²) in [7, 11) is 0. The summed E-state index contributed by atoms with van der Waals surface area (Å²) < 4.78 is 0. The molecule has 0 fully saturated rings. The molecule has 0 heterocycles. The second-order valence-electron chi connectivity index (χ2n) is 1.59. The molecule has 0 aliphatic heterocycles. The number of non-ortho nitro benzene ring substituents is 1. The van der Waals surface area contributed by atoms with E-state index < -0.39 is 4.92 Å². The number of rotatable bonds is 1. The molecular weight excluding hydrogens is 240 g/mol. The van der Waals surface area contributed by atoms with Gasteiger partial charge in [0.2, 0.25) is 0 Å². The van der Waals surface area contributed by atoms with Crippen LogP contribution >= 0.6 is 0 Å². The molecule has 0 N–H and O–H groups in total. The maximum atomic E-state index is 10.0. The predicted octanol–water partition coefficient (Wildman–Crippen LogP) is 0.0753. The molecule has 0 radical (unpaired) electrons. The van der Waals surface area contributed by atoms with Gasteiger partial charge in [-0.1, -0.05) is 32.0 Å². The molecular formula is C9H14NO2Rb. The maximum Gasteiger partial charge on any atom is 1.00 e. The Hall–Kier alpha value is 0.425. The van der Waals surface area contributed by atoms with E-state index in [0.717, 1.165) is 0 Å². The summed E-state index contributed by atoms with van der Waals surface area (Å²) in [5, 5.41) is 10.0. The van der Waals surface area contributed by atoms with E-state index >= 15 is 0 Å². The van der Waals surface area contributed by atoms with Crippen molar-refractivity contribution in [2.24, 2.45) is 0 Å². The van der Waals surface area contributed by atoms with E-state index in [-0.39, 0.29) is 71.3 Å². The third kappa shape index (κ3) is 8.75. The molecule has 0 aliphatic rings. The van der Waals surface area contributed by atoms with Gasteiger partial charge < -0.3 is 7.43 Å². The quantitative estimate of drug-likeness (QED) is 0.404. The van der Waals surface area contributed by atoms with E-state index in [0.29, 0.717) is 0 Å². The number of nitro benzene ring substituents is 1. The minimum absolute atomic E-state index is 0. The second-order valence-corrected chi connectivity index (χ2v) is 1.59. The van der Waals surface area contributed by atoms with E-state index in [1.807, 2.05) is 13.8 Å². The van der Waals surface area contributed by atoms with Gasteiger partial charge in [0.05, 0.1) is 4.92 Å². The number of nitrogens with zero attached hydrogens (tertiary/aromatic N) is 1. The number of hydrogen-bond donors (Lipinski definition) is 0. The summed E-state index contributed by atoms with van der Waals surface area (Å²) in [5.74, 6) is 0. The fraction of sp³-hybridized carbons (Fsp3) is 0.222. The molecule has 4 heteroatoms. The Labute approximate surface area is 128 Å². The predicted molar refractivity (Wildman–Crippen MR) is 50.9 cm³/mol. The van der Waals surface area contributed by atoms with Gasteiger partial charge in [-0.05, 0) is 0 Å². The number of hydrogen-bond acceptors (Lipinski definition) is 2. The van der Waals surface area contributed by atoms with Crippen LogP contribution in [0.1, 0.15) is 13.8 Å². The second kappa shape index (κ2) is 12.4. The summed E-state index contributed by atoms with van der Waals surface area (Å²) in [6.45, 7) is 4.00. The van der Waals surface area contributed by atoms with Crippen LogP contribution in [0.3, 0.4) is 0 Å². The Bertz CT molecular complexity index is 214. The molecule has 68 valence electrons. The topological polar surface area (TPSA) is 43.1 Å². The van der Waals surface area contributed by atoms with Gasteiger partial charge >= 0.3 is 58.2 Å². The van der Waals surface area contributed by atoms with Gasteiger partial charge in [-0.2, -0.15) is 0 Å². The van der Waals surface area contributed by atoms with Crippen molar-refractivity contribution in [1.82, 2.24) is 0 Å². The van der Waals surface area contributed by atoms with Crippen molar-refractivity contribution < 1.29 is 63.1 Å². The van der Waals surface area contributed by atoms with Crippen LogP contribution in [-0.2, 0) is 0 Å². The Kier molecular flexibility index (Phi) is 18.2. The average molecular weight is 254 g/mol. The summed E-state index contributed by atoms with van der Waals surface area (Å²) in [4.78, 5) is 9.59. The van der Waals surface area contributed by atoms with Crippen molar-refractivity contribution in [2.45, 2.75) is 13.8 Å². The van der Waals surface area contributed by atoms with E-state index in [9.17, 15) is 10.1 Å². The molecule has 1 aromatic carbocycles. The SMILES string of the molecule is CC.O=[N+]([O-])c1ccccc1.[CH3-].[Rb+]. The van der Waals surface area contributed by atoms with Crippen LogP contribution in [0.15, 0.2) is 30.3 Å². The van der Waals surface area contributed by atoms with Crippen LogP contribution in [0.5, 0.6) is 0 Å². The van der Waals surface area contributed by atoms with Gasteiger partial charge in [0.1, 0.15) is 0 Å². The van der Waals surface area contributed by atoms with Crippen LogP contribution in [0.25, 0.3) is 0 Å². The van der Waals surface area contributed by atoms with Crippen molar-refractivity contribution in [2.75, 3.05) is 0 Å². The molecule has 13 heavy (non-hydrogen) atoms. The number of benzene rings is 1. The zero-order valence-corrected chi connectivity index (χ0v) is 13.6. The van der Waals surface area contributed by atoms with Crippen LogP contribution in [-0.4, -0.2) is 4.92 Å². The summed E-state index contributed by atoms with van der Waals surface area (Å²) in [6, 6.07) is 7.93. The molecule has 0 unspecified atom stereocenters. The van der Waals surface area contributed by atoms with Crippen molar-refractivity contribution in [3.8, 4) is 0 Å². The van der Waals surface area contributed by atoms with Crippen LogP contribution in [0.2, 0.25) is 0 Å². The fourth-order valence-electron chi connectivity index (χ4n) is 0.550. The van der Waals surface area contributed by atoms with E-state index in [2.05, 4.69) is 0 Å². The standard InChI is InChI=1S/C6H5NO2.C2H6.CH3.Rb/c8-7(9)6-4-2-1-3-5-6;1-2;;/h1-5H;1-2H3;1H3;/q;;-1;+1. The molecule has 1 aromatic rings. The molecule has 1 rings (SSSR count). The first-order chi connectivity index (χ1) is 5.30. The van der Waals surface area contributed by atoms with Crippen molar-refractivity contribution in [1.29, 1.82) is 0 Å². The molecule has 0 aliphatic carbocycles. The summed E-state index contributed by atoms with van der Waals surface area (Å²) >= 11 is 0. The van der Waals surface area contributed by atoms with Gasteiger partial charge in [-0.25, -0.2) is 0 Å². The molecule has 0 aromatic heterocycles. The van der Waals surface area contributed by atoms with E-state index in [1.165, 1.54) is 12.1 Å². The Morgan fingerprint density at radius 2 is 1.54 bits per heavy atom. The van der Waals surface area contributed by atoms with Gasteiger partial charge in [0, 0.05) is 12.1 Å². The normalized spacial score (nSPS) is 6.62. The molecule has 3 nitrogen and oxygen atoms in total. The van der Waals surface area contributed by atoms with E-state index in [1.54, 1.807) is 18.2 Å². The van der Waals surface area contributed by atoms with Gasteiger partial charge in [0.25, 0.3) is 5.69 Å².